The van der Waals surface area contributed by atoms with Crippen LogP contribution in [0.3, 0.4) is 0 Å². The minimum Gasteiger partial charge on any atom is -0.389 e. The molecule has 0 aliphatic carbocycles. The number of carbonyl (C=O) groups is 1. The second kappa shape index (κ2) is 32.5. The number of ether oxygens (including phenoxy) is 6. The lowest BCUT2D eigenvalue weighted by atomic mass is 10.1. The van der Waals surface area contributed by atoms with Gasteiger partial charge in [-0.25, -0.2) is 14.2 Å². The number of aryl methyl sites for hydroxylation is 6. The summed E-state index contributed by atoms with van der Waals surface area (Å²) in [6, 6.07) is 12.0. The maximum absolute atomic E-state index is 13.0. The number of nitriles is 2. The molecule has 0 atom stereocenters. The number of benzene rings is 2. The third kappa shape index (κ3) is 18.1. The van der Waals surface area contributed by atoms with Gasteiger partial charge >= 0.3 is 12.0 Å². The van der Waals surface area contributed by atoms with Crippen molar-refractivity contribution in [1.29, 1.82) is 10.5 Å². The van der Waals surface area contributed by atoms with Crippen LogP contribution in [0.4, 0.5) is 69.6 Å². The molecule has 0 radical (unpaired) electrons. The van der Waals surface area contributed by atoms with E-state index in [9.17, 15) is 15.3 Å². The Kier molecular flexibility index (Phi) is 24.2. The molecule has 0 aliphatic rings. The highest BCUT2D eigenvalue weighted by atomic mass is 16.6. The fourth-order valence-electron chi connectivity index (χ4n) is 8.71. The molecule has 6 N–H and O–H groups in total. The number of anilines is 8. The number of carbonyl (C=O) groups excluding carboxylic acids is 1. The predicted octanol–water partition coefficient (Wildman–Crippen LogP) is 9.47. The lowest BCUT2D eigenvalue weighted by Crippen LogP contribution is -2.19. The summed E-state index contributed by atoms with van der Waals surface area (Å²) in [7, 11) is 6.49. The van der Waals surface area contributed by atoms with Crippen LogP contribution in [0.1, 0.15) is 77.1 Å². The first-order chi connectivity index (χ1) is 42.2. The van der Waals surface area contributed by atoms with Crippen molar-refractivity contribution in [3.63, 3.8) is 0 Å². The molecule has 0 saturated carbocycles. The Morgan fingerprint density at radius 2 is 0.885 bits per heavy atom. The van der Waals surface area contributed by atoms with E-state index in [-0.39, 0.29) is 64.5 Å². The predicted molar refractivity (Wildman–Crippen MR) is 326 cm³/mol. The van der Waals surface area contributed by atoms with Gasteiger partial charge in [0.1, 0.15) is 29.9 Å². The molecule has 0 saturated heterocycles. The van der Waals surface area contributed by atoms with Crippen molar-refractivity contribution >= 4 is 75.5 Å². The summed E-state index contributed by atoms with van der Waals surface area (Å²) in [5.41, 5.74) is 8.30. The average Bonchev–Trinajstić information content (AvgIpc) is 4.07. The molecule has 0 bridgehead atoms. The molecule has 87 heavy (non-hydrogen) atoms. The molecule has 5 aromatic heterocycles. The standard InChI is InChI=1S/C57H73N23O7/c1-12-86-33-42(81)87-57-71-55(79-31-40(29-58)47(77-79)75-73-45-49(60-17-13-21-82-8)66-53(67-50(45)61-18-14-22-83-9)64-43-36(4)25-34(2)26-37(43)5)70-56(72-57)80-32-41(30-59)48(78-80)76-74-46-51(62-19-15-23-84-10)68-54(69-52(46)63-20-16-24-85-11)65-44-38(6)27-35(3)28-39(44)7/h25-28,31-32H,12-24,33H2,1-11H3,(H3,60,61,64,66,67)(H3,62,63,65,68,69). The van der Waals surface area contributed by atoms with Gasteiger partial charge in [0.25, 0.3) is 11.9 Å². The van der Waals surface area contributed by atoms with Gasteiger partial charge < -0.3 is 60.3 Å². The van der Waals surface area contributed by atoms with Crippen LogP contribution >= 0.6 is 0 Å². The lowest BCUT2D eigenvalue weighted by Gasteiger charge is -2.17. The Labute approximate surface area is 504 Å². The van der Waals surface area contributed by atoms with E-state index in [1.165, 1.54) is 12.4 Å². The zero-order valence-electron chi connectivity index (χ0n) is 50.8. The zero-order valence-corrected chi connectivity index (χ0v) is 50.8. The number of hydrogen-bond acceptors (Lipinski definition) is 28. The van der Waals surface area contributed by atoms with Crippen LogP contribution in [0.2, 0.25) is 0 Å². The molecule has 0 unspecified atom stereocenters. The Balaban J connectivity index is 1.29. The summed E-state index contributed by atoms with van der Waals surface area (Å²) in [6.07, 6.45) is 5.15. The summed E-state index contributed by atoms with van der Waals surface area (Å²) in [5, 5.41) is 68.5. The molecular weight excluding hydrogens is 1120 g/mol. The van der Waals surface area contributed by atoms with Crippen molar-refractivity contribution in [2.24, 2.45) is 20.5 Å². The van der Waals surface area contributed by atoms with E-state index in [1.54, 1.807) is 35.4 Å². The van der Waals surface area contributed by atoms with Gasteiger partial charge in [-0.05, 0) is 96.4 Å². The highest BCUT2D eigenvalue weighted by Crippen LogP contribution is 2.38. The Morgan fingerprint density at radius 3 is 1.21 bits per heavy atom. The van der Waals surface area contributed by atoms with Crippen LogP contribution in [0.25, 0.3) is 11.9 Å². The van der Waals surface area contributed by atoms with E-state index in [0.29, 0.717) is 102 Å². The zero-order chi connectivity index (χ0) is 62.2. The molecule has 5 heterocycles. The smallest absolute Gasteiger partial charge is 0.339 e. The number of nitrogens with one attached hydrogen (secondary N) is 6. The van der Waals surface area contributed by atoms with E-state index in [2.05, 4.69) is 114 Å². The van der Waals surface area contributed by atoms with E-state index in [1.807, 2.05) is 41.5 Å². The first-order valence-corrected chi connectivity index (χ1v) is 28.0. The number of rotatable bonds is 34. The average molecular weight is 1190 g/mol. The first kappa shape index (κ1) is 64.8. The largest absolute Gasteiger partial charge is 0.389 e. The van der Waals surface area contributed by atoms with Crippen molar-refractivity contribution in [3.05, 3.63) is 81.2 Å². The number of azo groups is 2. The van der Waals surface area contributed by atoms with Gasteiger partial charge in [0, 0.05) is 99.0 Å². The van der Waals surface area contributed by atoms with Crippen molar-refractivity contribution in [2.75, 3.05) is 126 Å². The molecule has 458 valence electrons. The van der Waals surface area contributed by atoms with Crippen molar-refractivity contribution in [3.8, 4) is 30.0 Å². The van der Waals surface area contributed by atoms with Gasteiger partial charge in [0.05, 0.1) is 12.4 Å². The molecule has 7 aromatic rings. The minimum atomic E-state index is -0.836. The topological polar surface area (TPSA) is 368 Å². The van der Waals surface area contributed by atoms with Gasteiger partial charge in [-0.15, -0.1) is 30.7 Å². The van der Waals surface area contributed by atoms with Crippen LogP contribution in [-0.4, -0.2) is 155 Å². The van der Waals surface area contributed by atoms with Crippen molar-refractivity contribution in [2.45, 2.75) is 74.1 Å². The molecule has 0 amide bonds. The highest BCUT2D eigenvalue weighted by Gasteiger charge is 2.23. The van der Waals surface area contributed by atoms with Gasteiger partial charge in [-0.1, -0.05) is 35.4 Å². The number of methoxy groups -OCH3 is 4. The Bertz CT molecular complexity index is 3300. The molecule has 30 heteroatoms. The summed E-state index contributed by atoms with van der Waals surface area (Å²) in [4.78, 5) is 45.8. The number of esters is 1. The number of aromatic nitrogens is 11. The highest BCUT2D eigenvalue weighted by molar-refractivity contribution is 5.79. The van der Waals surface area contributed by atoms with E-state index in [4.69, 9.17) is 48.4 Å². The maximum Gasteiger partial charge on any atom is 0.339 e. The van der Waals surface area contributed by atoms with Crippen molar-refractivity contribution in [1.82, 2.24) is 54.4 Å². The second-order valence-corrected chi connectivity index (χ2v) is 19.7. The quantitative estimate of drug-likeness (QED) is 0.0124. The van der Waals surface area contributed by atoms with E-state index >= 15 is 0 Å². The number of nitrogens with zero attached hydrogens (tertiary/aromatic N) is 17. The first-order valence-electron chi connectivity index (χ1n) is 28.0. The number of hydrogen-bond donors (Lipinski definition) is 6. The second-order valence-electron chi connectivity index (χ2n) is 19.7. The van der Waals surface area contributed by atoms with E-state index < -0.39 is 18.6 Å². The van der Waals surface area contributed by atoms with Crippen molar-refractivity contribution < 1.29 is 33.2 Å². The normalized spacial score (nSPS) is 11.3. The van der Waals surface area contributed by atoms with Gasteiger partial charge in [0.2, 0.25) is 23.5 Å². The van der Waals surface area contributed by atoms with Gasteiger partial charge in [0.15, 0.2) is 34.6 Å². The summed E-state index contributed by atoms with van der Waals surface area (Å²) < 4.78 is 34.3. The SMILES string of the molecule is CCOCC(=O)Oc1nc(-n2cc(C#N)c(N=Nc3c(NCCCOC)nc(Nc4c(C)cc(C)cc4C)nc3NCCCOC)n2)nc(-n2cc(C#N)c(N=Nc3c(NCCCOC)nc(Nc4c(C)cc(C)cc4C)nc3NCCCOC)n2)n1. The van der Waals surface area contributed by atoms with Crippen LogP contribution in [0.15, 0.2) is 57.1 Å². The van der Waals surface area contributed by atoms with E-state index in [0.717, 1.165) is 54.1 Å². The summed E-state index contributed by atoms with van der Waals surface area (Å²) >= 11 is 0. The molecule has 30 nitrogen and oxygen atoms in total. The molecule has 7 rings (SSSR count). The van der Waals surface area contributed by atoms with Crippen LogP contribution in [-0.2, 0) is 28.5 Å². The maximum atomic E-state index is 13.0. The summed E-state index contributed by atoms with van der Waals surface area (Å²) in [6.45, 7) is 17.3. The molecule has 2 aromatic carbocycles. The molecule has 0 aliphatic heterocycles. The Hall–Kier alpha value is -9.72. The lowest BCUT2D eigenvalue weighted by molar-refractivity contribution is -0.139. The fraction of sp³-hybridized carbons (Fsp3) is 0.439. The van der Waals surface area contributed by atoms with Crippen LogP contribution < -0.4 is 36.6 Å². The Morgan fingerprint density at radius 1 is 0.529 bits per heavy atom. The third-order valence-corrected chi connectivity index (χ3v) is 12.6. The van der Waals surface area contributed by atoms with Crippen LogP contribution in [0, 0.1) is 64.2 Å². The molecule has 0 fully saturated rings. The third-order valence-electron chi connectivity index (χ3n) is 12.6. The van der Waals surface area contributed by atoms with Crippen LogP contribution in [0.5, 0.6) is 6.01 Å². The fourth-order valence-corrected chi connectivity index (χ4v) is 8.71. The minimum absolute atomic E-state index is 0.0498. The molecular formula is C57H73N23O7. The monoisotopic (exact) mass is 1190 g/mol. The van der Waals surface area contributed by atoms with Gasteiger partial charge in [-0.3, -0.25) is 0 Å². The molecule has 0 spiro atoms. The summed E-state index contributed by atoms with van der Waals surface area (Å²) in [5.74, 6) is 0.214. The van der Waals surface area contributed by atoms with Gasteiger partial charge in [-0.2, -0.15) is 45.4 Å².